The van der Waals surface area contributed by atoms with Gasteiger partial charge in [-0.05, 0) is 12.3 Å². The molecule has 1 aromatic rings. The Morgan fingerprint density at radius 2 is 2.08 bits per heavy atom. The summed E-state index contributed by atoms with van der Waals surface area (Å²) in [5.74, 6) is 0.553. The number of nitrogens with zero attached hydrogens (tertiary/aromatic N) is 3. The zero-order valence-electron chi connectivity index (χ0n) is 13.9. The zero-order chi connectivity index (χ0) is 17.7. The van der Waals surface area contributed by atoms with Crippen LogP contribution in [0.5, 0.6) is 0 Å². The van der Waals surface area contributed by atoms with Gasteiger partial charge >= 0.3 is 12.3 Å². The van der Waals surface area contributed by atoms with Crippen LogP contribution in [0.1, 0.15) is 31.8 Å². The summed E-state index contributed by atoms with van der Waals surface area (Å²) in [6.07, 6.45) is -3.20. The predicted molar refractivity (Wildman–Crippen MR) is 81.2 cm³/mol. The molecule has 1 aliphatic rings. The summed E-state index contributed by atoms with van der Waals surface area (Å²) < 4.78 is 42.9. The van der Waals surface area contributed by atoms with Crippen LogP contribution in [-0.4, -0.2) is 58.6 Å². The van der Waals surface area contributed by atoms with Gasteiger partial charge in [0.15, 0.2) is 0 Å². The molecule has 6 nitrogen and oxygen atoms in total. The Hall–Kier alpha value is -1.77. The molecule has 1 aliphatic heterocycles. The Morgan fingerprint density at radius 1 is 1.33 bits per heavy atom. The van der Waals surface area contributed by atoms with E-state index in [9.17, 15) is 18.0 Å². The van der Waals surface area contributed by atoms with Gasteiger partial charge in [0.05, 0.1) is 19.3 Å². The molecule has 0 radical (unpaired) electrons. The average Bonchev–Trinajstić information content (AvgIpc) is 2.84. The van der Waals surface area contributed by atoms with Gasteiger partial charge in [0, 0.05) is 26.2 Å². The minimum absolute atomic E-state index is 0.276. The first kappa shape index (κ1) is 18.6. The molecule has 0 atom stereocenters. The molecule has 1 saturated heterocycles. The summed E-state index contributed by atoms with van der Waals surface area (Å²) in [6.45, 7) is 6.95. The van der Waals surface area contributed by atoms with Gasteiger partial charge in [-0.2, -0.15) is 13.2 Å². The van der Waals surface area contributed by atoms with Gasteiger partial charge in [-0.15, -0.1) is 0 Å². The lowest BCUT2D eigenvalue weighted by Crippen LogP contribution is -2.36. The minimum Gasteiger partial charge on any atom is -0.449 e. The molecule has 0 spiro atoms. The van der Waals surface area contributed by atoms with E-state index in [1.807, 2.05) is 18.7 Å². The highest BCUT2D eigenvalue weighted by atomic mass is 19.4. The molecule has 1 fully saturated rings. The summed E-state index contributed by atoms with van der Waals surface area (Å²) in [5.41, 5.74) is -0.841. The Bertz CT molecular complexity index is 545. The molecule has 0 bridgehead atoms. The lowest BCUT2D eigenvalue weighted by Gasteiger charge is -2.21. The van der Waals surface area contributed by atoms with Crippen molar-refractivity contribution >= 4 is 6.09 Å². The molecule has 24 heavy (non-hydrogen) atoms. The highest BCUT2D eigenvalue weighted by Crippen LogP contribution is 2.27. The van der Waals surface area contributed by atoms with Crippen molar-refractivity contribution in [1.82, 2.24) is 19.8 Å². The van der Waals surface area contributed by atoms with E-state index in [2.05, 4.69) is 9.97 Å². The number of nitrogens with one attached hydrogen (secondary N) is 1. The maximum atomic E-state index is 12.6. The second-order valence-electron chi connectivity index (χ2n) is 6.33. The standard InChI is InChI=1S/C15H23F3N4O2/c1-11(2)10-24-14(23)22-5-3-4-21(6-7-22)9-13-19-8-12(20-13)15(16,17)18/h8,11H,3-7,9-10H2,1-2H3,(H,19,20). The molecule has 9 heteroatoms. The number of rotatable bonds is 4. The van der Waals surface area contributed by atoms with Gasteiger partial charge in [0.25, 0.3) is 0 Å². The van der Waals surface area contributed by atoms with Gasteiger partial charge in [-0.1, -0.05) is 13.8 Å². The van der Waals surface area contributed by atoms with Crippen molar-refractivity contribution in [1.29, 1.82) is 0 Å². The van der Waals surface area contributed by atoms with Crippen molar-refractivity contribution < 1.29 is 22.7 Å². The van der Waals surface area contributed by atoms with E-state index in [1.165, 1.54) is 0 Å². The Morgan fingerprint density at radius 3 is 2.71 bits per heavy atom. The normalized spacial score (nSPS) is 17.2. The van der Waals surface area contributed by atoms with Gasteiger partial charge in [0.1, 0.15) is 11.5 Å². The van der Waals surface area contributed by atoms with Crippen molar-refractivity contribution in [2.75, 3.05) is 32.8 Å². The fraction of sp³-hybridized carbons (Fsp3) is 0.733. The van der Waals surface area contributed by atoms with Crippen LogP contribution in [0.4, 0.5) is 18.0 Å². The maximum Gasteiger partial charge on any atom is 0.432 e. The van der Waals surface area contributed by atoms with Gasteiger partial charge in [-0.25, -0.2) is 9.78 Å². The van der Waals surface area contributed by atoms with Crippen molar-refractivity contribution in [3.05, 3.63) is 17.7 Å². The summed E-state index contributed by atoms with van der Waals surface area (Å²) in [5, 5.41) is 0. The third-order valence-corrected chi connectivity index (χ3v) is 3.69. The summed E-state index contributed by atoms with van der Waals surface area (Å²) in [7, 11) is 0. The molecule has 0 aromatic carbocycles. The molecule has 2 rings (SSSR count). The van der Waals surface area contributed by atoms with E-state index in [0.717, 1.165) is 12.6 Å². The molecule has 0 saturated carbocycles. The van der Waals surface area contributed by atoms with Gasteiger partial charge < -0.3 is 14.6 Å². The lowest BCUT2D eigenvalue weighted by molar-refractivity contribution is -0.141. The van der Waals surface area contributed by atoms with Crippen molar-refractivity contribution in [3.63, 3.8) is 0 Å². The second-order valence-corrected chi connectivity index (χ2v) is 6.33. The zero-order valence-corrected chi connectivity index (χ0v) is 13.9. The molecule has 1 amide bonds. The Labute approximate surface area is 139 Å². The van der Waals surface area contributed by atoms with E-state index < -0.39 is 11.9 Å². The van der Waals surface area contributed by atoms with Crippen molar-refractivity contribution in [3.8, 4) is 0 Å². The second kappa shape index (κ2) is 7.87. The average molecular weight is 348 g/mol. The van der Waals surface area contributed by atoms with E-state index in [4.69, 9.17) is 4.74 Å². The lowest BCUT2D eigenvalue weighted by atomic mass is 10.2. The SMILES string of the molecule is CC(C)COC(=O)N1CCCN(Cc2ncc(C(F)(F)F)[nH]2)CC1. The summed E-state index contributed by atoms with van der Waals surface area (Å²) in [6, 6.07) is 0. The van der Waals surface area contributed by atoms with Crippen LogP contribution in [0.3, 0.4) is 0 Å². The molecule has 0 aliphatic carbocycles. The Kier molecular flexibility index (Phi) is 6.09. The van der Waals surface area contributed by atoms with E-state index in [-0.39, 0.29) is 17.8 Å². The van der Waals surface area contributed by atoms with Crippen LogP contribution in [0.25, 0.3) is 0 Å². The third kappa shape index (κ3) is 5.40. The van der Waals surface area contributed by atoms with Crippen molar-refractivity contribution in [2.24, 2.45) is 5.92 Å². The van der Waals surface area contributed by atoms with Crippen LogP contribution in [0, 0.1) is 5.92 Å². The third-order valence-electron chi connectivity index (χ3n) is 3.69. The van der Waals surface area contributed by atoms with Crippen molar-refractivity contribution in [2.45, 2.75) is 33.0 Å². The number of alkyl halides is 3. The number of imidazole rings is 1. The van der Waals surface area contributed by atoms with E-state index >= 15 is 0 Å². The highest BCUT2D eigenvalue weighted by Gasteiger charge is 2.33. The number of hydrogen-bond acceptors (Lipinski definition) is 4. The fourth-order valence-corrected chi connectivity index (χ4v) is 2.44. The number of halogens is 3. The summed E-state index contributed by atoms with van der Waals surface area (Å²) in [4.78, 5) is 21.7. The number of hydrogen-bond donors (Lipinski definition) is 1. The number of amides is 1. The molecule has 0 unspecified atom stereocenters. The number of aromatic amines is 1. The maximum absolute atomic E-state index is 12.6. The minimum atomic E-state index is -4.42. The number of carbonyl (C=O) groups excluding carboxylic acids is 1. The van der Waals surface area contributed by atoms with Crippen LogP contribution >= 0.6 is 0 Å². The highest BCUT2D eigenvalue weighted by molar-refractivity contribution is 5.67. The van der Waals surface area contributed by atoms with Gasteiger partial charge in [-0.3, -0.25) is 4.90 Å². The molecule has 1 N–H and O–H groups in total. The first-order valence-electron chi connectivity index (χ1n) is 8.01. The first-order valence-corrected chi connectivity index (χ1v) is 8.01. The number of aromatic nitrogens is 2. The molecular weight excluding hydrogens is 325 g/mol. The largest absolute Gasteiger partial charge is 0.449 e. The summed E-state index contributed by atoms with van der Waals surface area (Å²) >= 11 is 0. The fourth-order valence-electron chi connectivity index (χ4n) is 2.44. The van der Waals surface area contributed by atoms with E-state index in [0.29, 0.717) is 39.3 Å². The Balaban J connectivity index is 1.85. The van der Waals surface area contributed by atoms with Crippen LogP contribution < -0.4 is 0 Å². The molecule has 2 heterocycles. The van der Waals surface area contributed by atoms with Crippen LogP contribution in [-0.2, 0) is 17.5 Å². The van der Waals surface area contributed by atoms with Gasteiger partial charge in [0.2, 0.25) is 0 Å². The predicted octanol–water partition coefficient (Wildman–Crippen LogP) is 2.73. The number of ether oxygens (including phenoxy) is 1. The molecule has 1 aromatic heterocycles. The van der Waals surface area contributed by atoms with Crippen LogP contribution in [0.2, 0.25) is 0 Å². The number of H-pyrrole nitrogens is 1. The monoisotopic (exact) mass is 348 g/mol. The smallest absolute Gasteiger partial charge is 0.432 e. The van der Waals surface area contributed by atoms with Crippen LogP contribution in [0.15, 0.2) is 6.20 Å². The topological polar surface area (TPSA) is 61.5 Å². The quantitative estimate of drug-likeness (QED) is 0.909. The first-order chi connectivity index (χ1) is 11.3. The van der Waals surface area contributed by atoms with E-state index in [1.54, 1.807) is 4.90 Å². The number of carbonyl (C=O) groups is 1. The molecular formula is C15H23F3N4O2. The molecule has 136 valence electrons.